The Kier molecular flexibility index (Phi) is 51.1. The molecule has 424 valence electrons. The lowest BCUT2D eigenvalue weighted by molar-refractivity contribution is -0.126. The zero-order chi connectivity index (χ0) is 60.3. The zero-order valence-corrected chi connectivity index (χ0v) is 46.2. The third-order valence-corrected chi connectivity index (χ3v) is 9.35. The van der Waals surface area contributed by atoms with Crippen LogP contribution >= 0.6 is 0 Å². The fourth-order valence-electron chi connectivity index (χ4n) is 4.87. The predicted molar refractivity (Wildman–Crippen MR) is 308 cm³/mol. The predicted octanol–water partition coefficient (Wildman–Crippen LogP) is 5.77. The largest absolute Gasteiger partial charge is 0.372 e. The summed E-state index contributed by atoms with van der Waals surface area (Å²) in [4.78, 5) is 125. The SMILES string of the molecule is C=C(C)C(=O)CCCNC(=O)C(=C)C.C=C(C)C(=O)NCNC(=O)C(=C)C.C=CC(=C)N(CCCC(=O)C=C)CCCN(CCCC(=O)C=C)C(=O)C=C.C=CC(=O)CCCNC(=O)C=C.C=CC(=O)NCNC(=O)C=C. The van der Waals surface area contributed by atoms with E-state index >= 15 is 0 Å². The Hall–Kier alpha value is -8.61. The molecule has 0 heterocycles. The number of amides is 7. The molecule has 19 nitrogen and oxygen atoms in total. The van der Waals surface area contributed by atoms with Gasteiger partial charge in [0.2, 0.25) is 41.4 Å². The number of hydrogen-bond acceptors (Lipinski definition) is 12. The van der Waals surface area contributed by atoms with Crippen molar-refractivity contribution in [1.82, 2.24) is 41.7 Å². The summed E-state index contributed by atoms with van der Waals surface area (Å²) in [5, 5.41) is 14.9. The minimum atomic E-state index is -0.325. The molecule has 0 aromatic heterocycles. The molecule has 0 saturated carbocycles. The van der Waals surface area contributed by atoms with Crippen LogP contribution in [0, 0.1) is 0 Å². The number of carbonyl (C=O) groups is 11. The minimum absolute atomic E-state index is 0.00264. The number of rotatable bonds is 37. The Morgan fingerprint density at radius 1 is 0.351 bits per heavy atom. The van der Waals surface area contributed by atoms with E-state index < -0.39 is 0 Å². The summed E-state index contributed by atoms with van der Waals surface area (Å²) >= 11 is 0. The van der Waals surface area contributed by atoms with Crippen LogP contribution < -0.4 is 31.9 Å². The Balaban J connectivity index is -0.000000296. The molecule has 7 amide bonds. The first-order chi connectivity index (χ1) is 36.2. The number of nitrogens with zero attached hydrogens (tertiary/aromatic N) is 2. The van der Waals surface area contributed by atoms with E-state index in [0.29, 0.717) is 113 Å². The lowest BCUT2D eigenvalue weighted by Crippen LogP contribution is -2.37. The van der Waals surface area contributed by atoms with Crippen LogP contribution in [0.3, 0.4) is 0 Å². The summed E-state index contributed by atoms with van der Waals surface area (Å²) in [7, 11) is 0. The molecular weight excluding hydrogens is 985 g/mol. The van der Waals surface area contributed by atoms with Crippen molar-refractivity contribution in [2.45, 2.75) is 85.5 Å². The molecule has 0 fully saturated rings. The third kappa shape index (κ3) is 50.7. The fourth-order valence-corrected chi connectivity index (χ4v) is 4.87. The molecule has 0 unspecified atom stereocenters. The van der Waals surface area contributed by atoms with Crippen LogP contribution in [0.25, 0.3) is 0 Å². The summed E-state index contributed by atoms with van der Waals surface area (Å²) < 4.78 is 0. The van der Waals surface area contributed by atoms with E-state index in [1.54, 1.807) is 38.7 Å². The molecule has 77 heavy (non-hydrogen) atoms. The first-order valence-electron chi connectivity index (χ1n) is 24.3. The van der Waals surface area contributed by atoms with Gasteiger partial charge in [0.15, 0.2) is 23.1 Å². The van der Waals surface area contributed by atoms with Crippen molar-refractivity contribution < 1.29 is 52.7 Å². The number of ketones is 4. The number of allylic oxidation sites excluding steroid dienone is 5. The summed E-state index contributed by atoms with van der Waals surface area (Å²) in [6.45, 7) is 55.4. The Labute approximate surface area is 457 Å². The van der Waals surface area contributed by atoms with Crippen molar-refractivity contribution in [3.8, 4) is 0 Å². The van der Waals surface area contributed by atoms with Gasteiger partial charge in [0.25, 0.3) is 0 Å². The molecule has 0 rings (SSSR count). The van der Waals surface area contributed by atoms with Crippen LogP contribution in [-0.4, -0.2) is 127 Å². The highest BCUT2D eigenvalue weighted by Gasteiger charge is 2.13. The van der Waals surface area contributed by atoms with Gasteiger partial charge in [0.1, 0.15) is 0 Å². The highest BCUT2D eigenvalue weighted by Crippen LogP contribution is 2.09. The zero-order valence-electron chi connectivity index (χ0n) is 46.2. The average molecular weight is 1070 g/mol. The van der Waals surface area contributed by atoms with Crippen molar-refractivity contribution in [2.75, 3.05) is 52.6 Å². The van der Waals surface area contributed by atoms with Gasteiger partial charge in [0.05, 0.1) is 13.3 Å². The molecule has 0 aromatic rings. The van der Waals surface area contributed by atoms with Gasteiger partial charge in [-0.25, -0.2) is 0 Å². The standard InChI is InChI=1S/C22H32N2O3.C11H17NO2.C9H14N2O2.C9H13NO2.C7H10N2O2/c1-6-19(5)23(15-10-13-20(25)7-2)17-12-18-24(22(27)9-4)16-11-14-21(26)8-3;1-8(2)10(13)6-5-7-12-11(14)9(3)4;1-6(2)8(12)10-5-11-9(13)7(3)4;1-3-8(11)6-5-7-10-9(12)4-2;1-3-6(10)8-5-9-7(11)4-2/h6-9H,1-5,10-18H2;1,3,5-7H2,2,4H3,(H,12,14);1,3,5H2,2,4H3,(H,10,12)(H,11,13);3-4H,1-2,5-7H2,(H,10,12);3-4H,1-2,5H2,(H,8,10)(H,9,11). The first kappa shape index (κ1) is 77.3. The van der Waals surface area contributed by atoms with Gasteiger partial charge in [-0.2, -0.15) is 0 Å². The second kappa shape index (κ2) is 50.9. The average Bonchev–Trinajstić information content (AvgIpc) is 3.41. The highest BCUT2D eigenvalue weighted by molar-refractivity contribution is 5.95. The summed E-state index contributed by atoms with van der Waals surface area (Å²) in [6, 6.07) is 0. The van der Waals surface area contributed by atoms with Crippen molar-refractivity contribution in [2.24, 2.45) is 0 Å². The summed E-state index contributed by atoms with van der Waals surface area (Å²) in [5.41, 5.74) is 2.65. The van der Waals surface area contributed by atoms with E-state index in [-0.39, 0.29) is 77.8 Å². The Morgan fingerprint density at radius 3 is 1.06 bits per heavy atom. The maximum absolute atomic E-state index is 12.0. The van der Waals surface area contributed by atoms with E-state index in [1.807, 2.05) is 0 Å². The van der Waals surface area contributed by atoms with Crippen molar-refractivity contribution in [3.63, 3.8) is 0 Å². The lowest BCUT2D eigenvalue weighted by atomic mass is 10.1. The number of hydrogen-bond donors (Lipinski definition) is 6. The monoisotopic (exact) mass is 1070 g/mol. The molecule has 0 aliphatic carbocycles. The second-order valence-electron chi connectivity index (χ2n) is 16.1. The van der Waals surface area contributed by atoms with Crippen LogP contribution in [0.1, 0.15) is 85.5 Å². The van der Waals surface area contributed by atoms with E-state index in [1.165, 1.54) is 30.4 Å². The van der Waals surface area contributed by atoms with Crippen molar-refractivity contribution >= 4 is 64.5 Å². The third-order valence-electron chi connectivity index (χ3n) is 9.35. The van der Waals surface area contributed by atoms with Gasteiger partial charge in [-0.15, -0.1) is 0 Å². The minimum Gasteiger partial charge on any atom is -0.372 e. The second-order valence-corrected chi connectivity index (χ2v) is 16.1. The Bertz CT molecular complexity index is 2010. The fraction of sp³-hybridized carbons (Fsp3) is 0.362. The van der Waals surface area contributed by atoms with E-state index in [4.69, 9.17) is 0 Å². The van der Waals surface area contributed by atoms with Crippen molar-refractivity contribution in [3.05, 3.63) is 162 Å². The van der Waals surface area contributed by atoms with Crippen LogP contribution in [0.15, 0.2) is 162 Å². The van der Waals surface area contributed by atoms with Gasteiger partial charge in [-0.1, -0.05) is 85.5 Å². The molecule has 0 saturated heterocycles. The molecule has 0 aliphatic rings. The quantitative estimate of drug-likeness (QED) is 0.0188. The number of Topliss-reactive ketones (excluding diaryl/α,β-unsaturated/α-hetero) is 1. The van der Waals surface area contributed by atoms with Gasteiger partial charge in [0, 0.05) is 87.4 Å². The maximum Gasteiger partial charge on any atom is 0.247 e. The van der Waals surface area contributed by atoms with E-state index in [9.17, 15) is 52.7 Å². The molecule has 0 aliphatic heterocycles. The van der Waals surface area contributed by atoms with Crippen LogP contribution in [-0.2, 0) is 52.7 Å². The number of nitrogens with one attached hydrogen (secondary N) is 6. The topological polar surface area (TPSA) is 266 Å². The van der Waals surface area contributed by atoms with Gasteiger partial charge < -0.3 is 41.7 Å². The van der Waals surface area contributed by atoms with Crippen LogP contribution in [0.4, 0.5) is 0 Å². The molecule has 6 N–H and O–H groups in total. The Morgan fingerprint density at radius 2 is 0.688 bits per heavy atom. The smallest absolute Gasteiger partial charge is 0.247 e. The van der Waals surface area contributed by atoms with Gasteiger partial charge >= 0.3 is 0 Å². The molecular formula is C58H86N8O11. The number of carbonyl (C=O) groups excluding carboxylic acids is 11. The molecule has 0 atom stereocenters. The molecule has 0 aromatic carbocycles. The molecule has 0 bridgehead atoms. The maximum atomic E-state index is 12.0. The molecule has 0 spiro atoms. The van der Waals surface area contributed by atoms with Crippen LogP contribution in [0.5, 0.6) is 0 Å². The summed E-state index contributed by atoms with van der Waals surface area (Å²) in [5.74, 6) is -1.66. The molecule has 0 radical (unpaired) electrons. The normalized spacial score (nSPS) is 9.09. The highest BCUT2D eigenvalue weighted by atomic mass is 16.2. The molecule has 19 heteroatoms. The van der Waals surface area contributed by atoms with E-state index in [0.717, 1.165) is 24.3 Å². The lowest BCUT2D eigenvalue weighted by Gasteiger charge is -2.27. The summed E-state index contributed by atoms with van der Waals surface area (Å²) in [6.07, 6.45) is 15.4. The van der Waals surface area contributed by atoms with E-state index in [2.05, 4.69) is 122 Å². The van der Waals surface area contributed by atoms with Crippen LogP contribution in [0.2, 0.25) is 0 Å². The van der Waals surface area contributed by atoms with Crippen molar-refractivity contribution in [1.29, 1.82) is 0 Å². The first-order valence-corrected chi connectivity index (χ1v) is 24.3. The van der Waals surface area contributed by atoms with Gasteiger partial charge in [-0.3, -0.25) is 52.7 Å². The van der Waals surface area contributed by atoms with Gasteiger partial charge in [-0.05, 0) is 114 Å².